The first-order valence-electron chi connectivity index (χ1n) is 2.23. The van der Waals surface area contributed by atoms with Crippen LogP contribution in [0.25, 0.3) is 0 Å². The third-order valence-electron chi connectivity index (χ3n) is 0.476. The van der Waals surface area contributed by atoms with Crippen LogP contribution in [0.1, 0.15) is 0 Å². The lowest BCUT2D eigenvalue weighted by atomic mass is 10.1. The van der Waals surface area contributed by atoms with Crippen molar-refractivity contribution >= 4 is 22.0 Å². The lowest BCUT2D eigenvalue weighted by molar-refractivity contribution is 0.185. The van der Waals surface area contributed by atoms with E-state index in [-0.39, 0.29) is 0 Å². The van der Waals surface area contributed by atoms with Gasteiger partial charge in [0.25, 0.3) is 0 Å². The summed E-state index contributed by atoms with van der Waals surface area (Å²) in [5, 5.41) is 40.2. The summed E-state index contributed by atoms with van der Waals surface area (Å²) in [5.74, 6) is 0. The van der Waals surface area contributed by atoms with Gasteiger partial charge < -0.3 is 34.3 Å². The molecular weight excluding hydrogens is 144 g/mol. The van der Waals surface area contributed by atoms with E-state index in [9.17, 15) is 0 Å². The summed E-state index contributed by atoms with van der Waals surface area (Å²) in [5.41, 5.74) is 0. The molecule has 0 bridgehead atoms. The molecule has 0 atom stereocenters. The molecule has 56 valence electrons. The largest absolute Gasteiger partial charge is 0.621 e. The van der Waals surface area contributed by atoms with Gasteiger partial charge in [0.2, 0.25) is 0 Å². The lowest BCUT2D eigenvalue weighted by Gasteiger charge is -2.05. The highest BCUT2D eigenvalue weighted by Crippen LogP contribution is 1.85. The van der Waals surface area contributed by atoms with Crippen molar-refractivity contribution in [3.05, 3.63) is 0 Å². The van der Waals surface area contributed by atoms with Gasteiger partial charge in [0.15, 0.2) is 0 Å². The van der Waals surface area contributed by atoms with Gasteiger partial charge in [0, 0.05) is 0 Å². The fourth-order valence-electron chi connectivity index (χ4n) is 0.240. The molecule has 10 heteroatoms. The predicted molar refractivity (Wildman–Crippen MR) is 30.5 cm³/mol. The van der Waals surface area contributed by atoms with Gasteiger partial charge in [-0.2, -0.15) is 0 Å². The average Bonchev–Trinajstić information content (AvgIpc) is 1.58. The van der Waals surface area contributed by atoms with Gasteiger partial charge in [-0.05, 0) is 0 Å². The molecule has 0 aromatic carbocycles. The molecule has 0 spiro atoms. The highest BCUT2D eigenvalue weighted by atomic mass is 16.7. The van der Waals surface area contributed by atoms with Gasteiger partial charge >= 0.3 is 22.0 Å². The molecule has 0 rings (SSSR count). The van der Waals surface area contributed by atoms with Crippen molar-refractivity contribution in [2.75, 3.05) is 0 Å². The van der Waals surface area contributed by atoms with Crippen molar-refractivity contribution in [2.45, 2.75) is 0 Å². The highest BCUT2D eigenvalue weighted by molar-refractivity contribution is 6.55. The lowest BCUT2D eigenvalue weighted by Crippen LogP contribution is -2.37. The van der Waals surface area contributed by atoms with Crippen LogP contribution in [0.5, 0.6) is 0 Å². The van der Waals surface area contributed by atoms with E-state index >= 15 is 0 Å². The monoisotopic (exact) mass is 150 g/mol. The minimum absolute atomic E-state index is 2.08. The van der Waals surface area contributed by atoms with E-state index in [0.717, 1.165) is 0 Å². The second-order valence-electron chi connectivity index (χ2n) is 1.23. The smallest absolute Gasteiger partial charge is 0.403 e. The number of hydrogen-bond acceptors (Lipinski definition) is 7. The molecule has 0 unspecified atom stereocenters. The molecule has 0 aromatic rings. The predicted octanol–water partition coefficient (Wildman–Crippen LogP) is -4.06. The fourth-order valence-corrected chi connectivity index (χ4v) is 0.240. The average molecular weight is 149 g/mol. The van der Waals surface area contributed by atoms with E-state index in [0.29, 0.717) is 0 Å². The van der Waals surface area contributed by atoms with Crippen molar-refractivity contribution in [3.63, 3.8) is 0 Å². The summed E-state index contributed by atoms with van der Waals surface area (Å²) in [6, 6.07) is 0. The maximum absolute atomic E-state index is 8.31. The Morgan fingerprint density at radius 3 is 1.20 bits per heavy atom. The van der Waals surface area contributed by atoms with E-state index < -0.39 is 22.0 Å². The van der Waals surface area contributed by atoms with E-state index in [2.05, 4.69) is 9.14 Å². The summed E-state index contributed by atoms with van der Waals surface area (Å²) in [7, 11) is -6.54. The van der Waals surface area contributed by atoms with Crippen LogP contribution in [0.15, 0.2) is 0 Å². The van der Waals surface area contributed by atoms with Gasteiger partial charge in [-0.15, -0.1) is 0 Å². The van der Waals surface area contributed by atoms with Crippen molar-refractivity contribution in [3.8, 4) is 0 Å². The second-order valence-corrected chi connectivity index (χ2v) is 1.23. The van der Waals surface area contributed by atoms with Gasteiger partial charge in [-0.3, -0.25) is 0 Å². The summed E-state index contributed by atoms with van der Waals surface area (Å²) in [4.78, 5) is 0. The number of rotatable bonds is 4. The number of hydrogen-bond donors (Lipinski definition) is 5. The molecule has 0 amide bonds. The summed E-state index contributed by atoms with van der Waals surface area (Å²) >= 11 is 0. The first-order chi connectivity index (χ1) is 4.52. The molecule has 5 N–H and O–H groups in total. The molecule has 0 radical (unpaired) electrons. The molecule has 0 saturated heterocycles. The van der Waals surface area contributed by atoms with Crippen LogP contribution in [-0.2, 0) is 9.14 Å². The van der Waals surface area contributed by atoms with E-state index in [1.54, 1.807) is 0 Å². The van der Waals surface area contributed by atoms with Crippen LogP contribution in [0.2, 0.25) is 0 Å². The molecule has 10 heavy (non-hydrogen) atoms. The van der Waals surface area contributed by atoms with Gasteiger partial charge in [0.1, 0.15) is 0 Å². The second kappa shape index (κ2) is 4.69. The topological polar surface area (TPSA) is 120 Å². The molecule has 0 aliphatic carbocycles. The first-order valence-corrected chi connectivity index (χ1v) is 2.23. The van der Waals surface area contributed by atoms with Crippen molar-refractivity contribution < 1.29 is 34.3 Å². The van der Waals surface area contributed by atoms with Crippen LogP contribution in [0.3, 0.4) is 0 Å². The first kappa shape index (κ1) is 9.91. The third kappa shape index (κ3) is 6.04. The van der Waals surface area contributed by atoms with Gasteiger partial charge in [-0.25, -0.2) is 0 Å². The Morgan fingerprint density at radius 2 is 1.00 bits per heavy atom. The molecule has 0 aliphatic heterocycles. The Hall–Kier alpha value is -0.0852. The van der Waals surface area contributed by atoms with Crippen LogP contribution in [-0.4, -0.2) is 47.1 Å². The van der Waals surface area contributed by atoms with E-state index in [4.69, 9.17) is 25.1 Å². The Kier molecular flexibility index (Phi) is 4.65. The standard InChI is InChI=1S/B3H5O7/c4-1(5)9-3(8)10-2(6)7/h4-8H. The quantitative estimate of drug-likeness (QED) is 0.258. The Morgan fingerprint density at radius 1 is 0.700 bits per heavy atom. The molecule has 0 aromatic heterocycles. The SMILES string of the molecule is OB(O)OB(O)OB(O)O. The van der Waals surface area contributed by atoms with Crippen LogP contribution >= 0.6 is 0 Å². The minimum atomic E-state index is -2.23. The summed E-state index contributed by atoms with van der Waals surface area (Å²) in [6.45, 7) is 0. The Bertz CT molecular complexity index is 70.9. The maximum atomic E-state index is 8.31. The zero-order chi connectivity index (χ0) is 8.15. The molecule has 0 aliphatic rings. The molecular formula is H5B3O7. The van der Waals surface area contributed by atoms with Crippen LogP contribution < -0.4 is 0 Å². The maximum Gasteiger partial charge on any atom is 0.621 e. The fraction of sp³-hybridized carbons (Fsp3) is 0. The Balaban J connectivity index is 3.34. The Labute approximate surface area is 57.4 Å². The summed E-state index contributed by atoms with van der Waals surface area (Å²) < 4.78 is 7.37. The zero-order valence-corrected chi connectivity index (χ0v) is 4.78. The summed E-state index contributed by atoms with van der Waals surface area (Å²) in [6.07, 6.45) is 0. The minimum Gasteiger partial charge on any atom is -0.403 e. The van der Waals surface area contributed by atoms with Crippen molar-refractivity contribution in [1.82, 2.24) is 0 Å². The van der Waals surface area contributed by atoms with Crippen molar-refractivity contribution in [2.24, 2.45) is 0 Å². The molecule has 0 saturated carbocycles. The third-order valence-corrected chi connectivity index (χ3v) is 0.476. The van der Waals surface area contributed by atoms with Gasteiger partial charge in [0.05, 0.1) is 0 Å². The zero-order valence-electron chi connectivity index (χ0n) is 4.78. The van der Waals surface area contributed by atoms with Crippen LogP contribution in [0.4, 0.5) is 0 Å². The van der Waals surface area contributed by atoms with Crippen molar-refractivity contribution in [1.29, 1.82) is 0 Å². The molecule has 0 fully saturated rings. The van der Waals surface area contributed by atoms with E-state index in [1.807, 2.05) is 0 Å². The van der Waals surface area contributed by atoms with E-state index in [1.165, 1.54) is 0 Å². The molecule has 7 nitrogen and oxygen atoms in total. The van der Waals surface area contributed by atoms with Crippen LogP contribution in [0, 0.1) is 0 Å². The highest BCUT2D eigenvalue weighted by Gasteiger charge is 2.27. The normalized spacial score (nSPS) is 9.30. The molecule has 0 heterocycles. The van der Waals surface area contributed by atoms with Gasteiger partial charge in [-0.1, -0.05) is 0 Å².